The summed E-state index contributed by atoms with van der Waals surface area (Å²) < 4.78 is 17.5. The van der Waals surface area contributed by atoms with E-state index in [4.69, 9.17) is 25.8 Å². The summed E-state index contributed by atoms with van der Waals surface area (Å²) in [7, 11) is 0. The van der Waals surface area contributed by atoms with E-state index in [0.717, 1.165) is 86.9 Å². The minimum Gasteiger partial charge on any atom is -0.492 e. The van der Waals surface area contributed by atoms with Crippen molar-refractivity contribution in [3.8, 4) is 11.5 Å². The lowest BCUT2D eigenvalue weighted by Gasteiger charge is -2.38. The van der Waals surface area contributed by atoms with Crippen molar-refractivity contribution in [2.24, 2.45) is 0 Å². The highest BCUT2D eigenvalue weighted by Gasteiger charge is 2.43. The zero-order valence-electron chi connectivity index (χ0n) is 21.1. The van der Waals surface area contributed by atoms with Crippen molar-refractivity contribution in [1.82, 2.24) is 4.90 Å². The second-order valence-corrected chi connectivity index (χ2v) is 10.2. The smallest absolute Gasteiger partial charge is 0.305 e. The second kappa shape index (κ2) is 12.1. The number of fused-ring (bicyclic) bond motifs is 2. The van der Waals surface area contributed by atoms with E-state index in [1.54, 1.807) is 0 Å². The number of hydrogen-bond donors (Lipinski definition) is 0. The molecule has 2 aromatic rings. The van der Waals surface area contributed by atoms with Gasteiger partial charge in [0.15, 0.2) is 0 Å². The van der Waals surface area contributed by atoms with Crippen molar-refractivity contribution in [3.63, 3.8) is 0 Å². The van der Waals surface area contributed by atoms with E-state index >= 15 is 0 Å². The Morgan fingerprint density at radius 3 is 2.71 bits per heavy atom. The van der Waals surface area contributed by atoms with Crippen LogP contribution < -0.4 is 9.47 Å². The number of rotatable bonds is 11. The molecule has 0 saturated carbocycles. The first-order chi connectivity index (χ1) is 17.0. The Labute approximate surface area is 214 Å². The Morgan fingerprint density at radius 2 is 1.94 bits per heavy atom. The molecule has 0 bridgehead atoms. The van der Waals surface area contributed by atoms with Gasteiger partial charge >= 0.3 is 5.97 Å². The first-order valence-electron chi connectivity index (χ1n) is 13.1. The number of carbonyl (C=O) groups is 1. The van der Waals surface area contributed by atoms with Crippen molar-refractivity contribution in [2.45, 2.75) is 70.8 Å². The molecule has 35 heavy (non-hydrogen) atoms. The third-order valence-electron chi connectivity index (χ3n) is 7.37. The summed E-state index contributed by atoms with van der Waals surface area (Å²) in [6, 6.07) is 12.4. The third-order valence-corrected chi connectivity index (χ3v) is 7.74. The van der Waals surface area contributed by atoms with Gasteiger partial charge in [-0.2, -0.15) is 0 Å². The van der Waals surface area contributed by atoms with E-state index in [9.17, 15) is 4.79 Å². The van der Waals surface area contributed by atoms with Gasteiger partial charge in [-0.25, -0.2) is 0 Å². The van der Waals surface area contributed by atoms with Crippen LogP contribution in [0.4, 0.5) is 0 Å². The molecule has 0 atom stereocenters. The fourth-order valence-corrected chi connectivity index (χ4v) is 5.20. The van der Waals surface area contributed by atoms with Crippen LogP contribution in [0.15, 0.2) is 36.4 Å². The van der Waals surface area contributed by atoms with E-state index in [1.807, 2.05) is 12.1 Å². The predicted molar refractivity (Wildman–Crippen MR) is 140 cm³/mol. The molecule has 0 unspecified atom stereocenters. The maximum atomic E-state index is 11.8. The highest BCUT2D eigenvalue weighted by atomic mass is 35.5. The fraction of sp³-hybridized carbons (Fsp3) is 0.552. The van der Waals surface area contributed by atoms with Crippen LogP contribution in [-0.4, -0.2) is 43.7 Å². The average Bonchev–Trinajstić information content (AvgIpc) is 3.22. The van der Waals surface area contributed by atoms with E-state index in [1.165, 1.54) is 11.1 Å². The summed E-state index contributed by atoms with van der Waals surface area (Å²) >= 11 is 6.36. The summed E-state index contributed by atoms with van der Waals surface area (Å²) in [5.74, 6) is 1.68. The summed E-state index contributed by atoms with van der Waals surface area (Å²) in [6.45, 7) is 8.95. The Balaban J connectivity index is 1.27. The summed E-state index contributed by atoms with van der Waals surface area (Å²) in [4.78, 5) is 14.3. The van der Waals surface area contributed by atoms with Crippen LogP contribution in [0.5, 0.6) is 11.5 Å². The topological polar surface area (TPSA) is 48.0 Å². The van der Waals surface area contributed by atoms with Gasteiger partial charge in [-0.3, -0.25) is 4.79 Å². The van der Waals surface area contributed by atoms with E-state index in [-0.39, 0.29) is 11.4 Å². The Hall–Kier alpha value is -2.24. The number of aryl methyl sites for hydroxylation is 1. The monoisotopic (exact) mass is 499 g/mol. The minimum atomic E-state index is -0.0663. The van der Waals surface area contributed by atoms with Gasteiger partial charge in [0, 0.05) is 34.1 Å². The SMILES string of the molecule is CCCCOC(=O)CCCN1CCC2(CC1)COc1cc(OCc3cc(CC)ccc3Cl)ccc12. The lowest BCUT2D eigenvalue weighted by molar-refractivity contribution is -0.143. The van der Waals surface area contributed by atoms with Crippen LogP contribution in [0.25, 0.3) is 0 Å². The van der Waals surface area contributed by atoms with Crippen LogP contribution in [-0.2, 0) is 28.0 Å². The van der Waals surface area contributed by atoms with E-state index in [2.05, 4.69) is 43.0 Å². The predicted octanol–water partition coefficient (Wildman–Crippen LogP) is 6.33. The molecule has 0 aromatic heterocycles. The van der Waals surface area contributed by atoms with Crippen LogP contribution in [0.2, 0.25) is 5.02 Å². The lowest BCUT2D eigenvalue weighted by Crippen LogP contribution is -2.43. The highest BCUT2D eigenvalue weighted by Crippen LogP contribution is 2.46. The molecule has 0 radical (unpaired) electrons. The summed E-state index contributed by atoms with van der Waals surface area (Å²) in [6.07, 6.45) is 6.47. The number of ether oxygens (including phenoxy) is 3. The quantitative estimate of drug-likeness (QED) is 0.267. The molecule has 1 spiro atoms. The zero-order valence-corrected chi connectivity index (χ0v) is 21.9. The number of esters is 1. The molecular weight excluding hydrogens is 462 g/mol. The van der Waals surface area contributed by atoms with Gasteiger partial charge in [-0.15, -0.1) is 0 Å². The molecule has 2 heterocycles. The van der Waals surface area contributed by atoms with Gasteiger partial charge in [0.2, 0.25) is 0 Å². The number of likely N-dealkylation sites (tertiary alicyclic amines) is 1. The number of unbranched alkanes of at least 4 members (excludes halogenated alkanes) is 1. The number of nitrogens with zero attached hydrogens (tertiary/aromatic N) is 1. The molecule has 1 saturated heterocycles. The van der Waals surface area contributed by atoms with Crippen LogP contribution in [0.3, 0.4) is 0 Å². The van der Waals surface area contributed by atoms with Crippen molar-refractivity contribution < 1.29 is 19.0 Å². The first-order valence-corrected chi connectivity index (χ1v) is 13.5. The number of hydrogen-bond acceptors (Lipinski definition) is 5. The molecule has 2 aliphatic rings. The molecule has 0 N–H and O–H groups in total. The third kappa shape index (κ3) is 6.50. The van der Waals surface area contributed by atoms with E-state index < -0.39 is 0 Å². The molecule has 2 aliphatic heterocycles. The zero-order chi connectivity index (χ0) is 24.7. The van der Waals surface area contributed by atoms with Gasteiger partial charge in [-0.1, -0.05) is 50.1 Å². The van der Waals surface area contributed by atoms with Crippen molar-refractivity contribution >= 4 is 17.6 Å². The van der Waals surface area contributed by atoms with Gasteiger partial charge in [-0.05, 0) is 69.4 Å². The molecule has 0 aliphatic carbocycles. The van der Waals surface area contributed by atoms with Crippen LogP contribution in [0, 0.1) is 0 Å². The standard InChI is InChI=1S/C29H38ClNO4/c1-3-5-17-33-28(32)7-6-14-31-15-12-29(13-16-31)21-35-27-19-24(9-10-25(27)29)34-20-23-18-22(4-2)8-11-26(23)30/h8-11,18-19H,3-7,12-17,20-21H2,1-2H3. The molecule has 5 nitrogen and oxygen atoms in total. The molecule has 2 aromatic carbocycles. The number of benzene rings is 2. The Bertz CT molecular complexity index is 1000. The first kappa shape index (κ1) is 25.8. The average molecular weight is 500 g/mol. The van der Waals surface area contributed by atoms with Gasteiger partial charge < -0.3 is 19.1 Å². The largest absolute Gasteiger partial charge is 0.492 e. The lowest BCUT2D eigenvalue weighted by atomic mass is 9.74. The Morgan fingerprint density at radius 1 is 1.11 bits per heavy atom. The summed E-state index contributed by atoms with van der Waals surface area (Å²) in [5, 5.41) is 0.735. The Kier molecular flexibility index (Phi) is 8.96. The highest BCUT2D eigenvalue weighted by molar-refractivity contribution is 6.31. The number of carbonyl (C=O) groups excluding carboxylic acids is 1. The number of piperidine rings is 1. The number of halogens is 1. The molecule has 6 heteroatoms. The minimum absolute atomic E-state index is 0.0663. The normalized spacial score (nSPS) is 16.7. The van der Waals surface area contributed by atoms with E-state index in [0.29, 0.717) is 19.6 Å². The maximum Gasteiger partial charge on any atom is 0.305 e. The summed E-state index contributed by atoms with van der Waals surface area (Å²) in [5.41, 5.74) is 3.65. The van der Waals surface area contributed by atoms with Crippen LogP contribution in [0.1, 0.15) is 69.1 Å². The van der Waals surface area contributed by atoms with Crippen LogP contribution >= 0.6 is 11.6 Å². The van der Waals surface area contributed by atoms with Gasteiger partial charge in [0.05, 0.1) is 13.2 Å². The molecule has 0 amide bonds. The van der Waals surface area contributed by atoms with Crippen molar-refractivity contribution in [1.29, 1.82) is 0 Å². The van der Waals surface area contributed by atoms with Gasteiger partial charge in [0.1, 0.15) is 18.1 Å². The van der Waals surface area contributed by atoms with Crippen molar-refractivity contribution in [2.75, 3.05) is 32.8 Å². The second-order valence-electron chi connectivity index (χ2n) is 9.81. The molecular formula is C29H38ClNO4. The molecule has 4 rings (SSSR count). The van der Waals surface area contributed by atoms with Gasteiger partial charge in [0.25, 0.3) is 0 Å². The molecule has 1 fully saturated rings. The van der Waals surface area contributed by atoms with Crippen molar-refractivity contribution in [3.05, 3.63) is 58.1 Å². The molecule has 190 valence electrons. The maximum absolute atomic E-state index is 11.8. The fourth-order valence-electron chi connectivity index (χ4n) is 5.03.